The number of fused-ring (bicyclic) bond motifs is 1. The van der Waals surface area contributed by atoms with Gasteiger partial charge in [0.25, 0.3) is 5.56 Å². The van der Waals surface area contributed by atoms with E-state index in [1.807, 2.05) is 21.9 Å². The molecule has 3 aromatic rings. The smallest absolute Gasteiger partial charge is 0.272 e. The molecule has 3 fully saturated rings. The van der Waals surface area contributed by atoms with Crippen LogP contribution in [-0.4, -0.2) is 107 Å². The molecule has 1 aromatic heterocycles. The number of piperidine rings is 2. The molecule has 1 amide bonds. The molecule has 4 heterocycles. The summed E-state index contributed by atoms with van der Waals surface area (Å²) in [5.41, 5.74) is 1.39. The van der Waals surface area contributed by atoms with Crippen LogP contribution in [-0.2, 0) is 16.0 Å². The minimum atomic E-state index is -1.13. The molecule has 3 N–H and O–H groups in total. The summed E-state index contributed by atoms with van der Waals surface area (Å²) in [6.45, 7) is 6.05. The van der Waals surface area contributed by atoms with Crippen LogP contribution < -0.4 is 10.9 Å². The van der Waals surface area contributed by atoms with Crippen molar-refractivity contribution in [3.05, 3.63) is 75.5 Å². The molecule has 1 unspecified atom stereocenters. The molecule has 230 valence electrons. The first-order chi connectivity index (χ1) is 20.9. The quantitative estimate of drug-likeness (QED) is 0.364. The lowest BCUT2D eigenvalue weighted by Gasteiger charge is -2.39. The van der Waals surface area contributed by atoms with E-state index in [0.29, 0.717) is 56.3 Å². The maximum atomic E-state index is 14.9. The van der Waals surface area contributed by atoms with E-state index in [2.05, 4.69) is 20.4 Å². The number of aliphatic hydroxyl groups is 1. The van der Waals surface area contributed by atoms with Gasteiger partial charge in [0, 0.05) is 56.6 Å². The third-order valence-corrected chi connectivity index (χ3v) is 9.06. The summed E-state index contributed by atoms with van der Waals surface area (Å²) in [6, 6.07) is 11.9. The van der Waals surface area contributed by atoms with Gasteiger partial charge in [0.15, 0.2) is 0 Å². The third kappa shape index (κ3) is 7.13. The minimum absolute atomic E-state index is 0.0978. The van der Waals surface area contributed by atoms with Crippen LogP contribution in [0.4, 0.5) is 4.39 Å². The van der Waals surface area contributed by atoms with Crippen LogP contribution in [0.5, 0.6) is 0 Å². The van der Waals surface area contributed by atoms with Crippen molar-refractivity contribution in [2.45, 2.75) is 50.5 Å². The van der Waals surface area contributed by atoms with E-state index < -0.39 is 12.0 Å². The molecule has 3 aliphatic rings. The first-order valence-electron chi connectivity index (χ1n) is 15.5. The highest BCUT2D eigenvalue weighted by Crippen LogP contribution is 2.26. The first-order valence-corrected chi connectivity index (χ1v) is 15.5. The van der Waals surface area contributed by atoms with Gasteiger partial charge in [0.05, 0.1) is 29.8 Å². The molecule has 43 heavy (non-hydrogen) atoms. The second-order valence-corrected chi connectivity index (χ2v) is 11.9. The highest BCUT2D eigenvalue weighted by Gasteiger charge is 2.30. The van der Waals surface area contributed by atoms with Crippen molar-refractivity contribution >= 4 is 16.7 Å². The zero-order valence-corrected chi connectivity index (χ0v) is 24.5. The number of piperazine rings is 1. The van der Waals surface area contributed by atoms with Crippen LogP contribution in [0.3, 0.4) is 0 Å². The topological polar surface area (TPSA) is 114 Å². The number of carbonyl (C=O) groups excluding carboxylic acids is 1. The van der Waals surface area contributed by atoms with Crippen molar-refractivity contribution in [3.63, 3.8) is 0 Å². The SMILES string of the molecule is O=C(CN1CCC(OC2CCNCC2)CC1)N1CCN(C(O)c2cc(Cc3n[nH]c(=O)c4ccccc34)ccc2F)CC1. The summed E-state index contributed by atoms with van der Waals surface area (Å²) in [6.07, 6.45) is 3.94. The monoisotopic (exact) mass is 592 g/mol. The van der Waals surface area contributed by atoms with E-state index in [9.17, 15) is 19.1 Å². The fourth-order valence-electron chi connectivity index (χ4n) is 6.51. The second kappa shape index (κ2) is 13.6. The number of ether oxygens (including phenoxy) is 1. The van der Waals surface area contributed by atoms with Crippen LogP contribution in [0, 0.1) is 5.82 Å². The van der Waals surface area contributed by atoms with Crippen molar-refractivity contribution in [3.8, 4) is 0 Å². The number of benzene rings is 2. The molecule has 2 aromatic carbocycles. The predicted molar refractivity (Wildman–Crippen MR) is 161 cm³/mol. The number of rotatable bonds is 8. The maximum absolute atomic E-state index is 14.9. The lowest BCUT2D eigenvalue weighted by atomic mass is 10.0. The number of H-pyrrole nitrogens is 1. The predicted octanol–water partition coefficient (Wildman–Crippen LogP) is 2.02. The summed E-state index contributed by atoms with van der Waals surface area (Å²) in [4.78, 5) is 31.1. The van der Waals surface area contributed by atoms with Crippen LogP contribution in [0.2, 0.25) is 0 Å². The van der Waals surface area contributed by atoms with Crippen LogP contribution in [0.25, 0.3) is 10.8 Å². The standard InChI is InChI=1S/C32H41FN6O4/c33-28-6-5-22(20-29-25-3-1-2-4-26(25)31(41)36-35-29)19-27(28)32(42)39-17-15-38(16-18-39)30(40)21-37-13-9-24(10-14-37)43-23-7-11-34-12-8-23/h1-6,19,23-24,32,34,42H,7-18,20-21H2,(H,36,41). The molecule has 6 rings (SSSR count). The number of aromatic nitrogens is 2. The van der Waals surface area contributed by atoms with E-state index in [1.54, 1.807) is 24.3 Å². The number of nitrogens with one attached hydrogen (secondary N) is 2. The van der Waals surface area contributed by atoms with Gasteiger partial charge in [-0.3, -0.25) is 19.4 Å². The summed E-state index contributed by atoms with van der Waals surface area (Å²) in [7, 11) is 0. The fourth-order valence-corrected chi connectivity index (χ4v) is 6.51. The molecule has 3 saturated heterocycles. The number of aliphatic hydroxyl groups excluding tert-OH is 1. The van der Waals surface area contributed by atoms with E-state index in [-0.39, 0.29) is 23.1 Å². The van der Waals surface area contributed by atoms with Gasteiger partial charge in [-0.1, -0.05) is 24.3 Å². The fraction of sp³-hybridized carbons (Fsp3) is 0.531. The van der Waals surface area contributed by atoms with Gasteiger partial charge in [-0.2, -0.15) is 5.10 Å². The van der Waals surface area contributed by atoms with Crippen molar-refractivity contribution in [2.24, 2.45) is 0 Å². The van der Waals surface area contributed by atoms with Gasteiger partial charge >= 0.3 is 0 Å². The number of likely N-dealkylation sites (tertiary alicyclic amines) is 1. The van der Waals surface area contributed by atoms with Gasteiger partial charge in [-0.05, 0) is 62.5 Å². The Morgan fingerprint density at radius 1 is 0.977 bits per heavy atom. The molecule has 1 atom stereocenters. The van der Waals surface area contributed by atoms with Crippen molar-refractivity contribution in [2.75, 3.05) is 58.9 Å². The van der Waals surface area contributed by atoms with Crippen LogP contribution in [0.15, 0.2) is 47.3 Å². The average Bonchev–Trinajstić information content (AvgIpc) is 3.04. The molecule has 3 aliphatic heterocycles. The van der Waals surface area contributed by atoms with Crippen molar-refractivity contribution in [1.29, 1.82) is 0 Å². The third-order valence-electron chi connectivity index (χ3n) is 9.06. The largest absolute Gasteiger partial charge is 0.375 e. The van der Waals surface area contributed by atoms with E-state index in [4.69, 9.17) is 4.74 Å². The Hall–Kier alpha value is -3.22. The normalized spacial score (nSPS) is 20.5. The maximum Gasteiger partial charge on any atom is 0.272 e. The Morgan fingerprint density at radius 3 is 2.42 bits per heavy atom. The number of carbonyl (C=O) groups is 1. The Morgan fingerprint density at radius 2 is 1.67 bits per heavy atom. The summed E-state index contributed by atoms with van der Waals surface area (Å²) >= 11 is 0. The Balaban J connectivity index is 1.00. The molecule has 0 radical (unpaired) electrons. The summed E-state index contributed by atoms with van der Waals surface area (Å²) in [5.74, 6) is -0.387. The van der Waals surface area contributed by atoms with Gasteiger partial charge in [-0.15, -0.1) is 0 Å². The Bertz CT molecular complexity index is 1460. The second-order valence-electron chi connectivity index (χ2n) is 11.9. The minimum Gasteiger partial charge on any atom is -0.375 e. The summed E-state index contributed by atoms with van der Waals surface area (Å²) in [5, 5.41) is 22.6. The van der Waals surface area contributed by atoms with Crippen LogP contribution in [0.1, 0.15) is 48.7 Å². The van der Waals surface area contributed by atoms with E-state index in [1.165, 1.54) is 6.07 Å². The molecule has 0 saturated carbocycles. The van der Waals surface area contributed by atoms with Gasteiger partial charge < -0.3 is 20.1 Å². The zero-order valence-electron chi connectivity index (χ0n) is 24.5. The highest BCUT2D eigenvalue weighted by molar-refractivity contribution is 5.83. The molecule has 0 bridgehead atoms. The number of aromatic amines is 1. The molecule has 0 aliphatic carbocycles. The van der Waals surface area contributed by atoms with Crippen molar-refractivity contribution < 1.29 is 19.0 Å². The lowest BCUT2D eigenvalue weighted by Crippen LogP contribution is -2.52. The molecular formula is C32H41FN6O4. The van der Waals surface area contributed by atoms with Gasteiger partial charge in [0.1, 0.15) is 12.0 Å². The average molecular weight is 593 g/mol. The number of hydrogen-bond acceptors (Lipinski definition) is 8. The summed E-state index contributed by atoms with van der Waals surface area (Å²) < 4.78 is 21.2. The number of nitrogens with zero attached hydrogens (tertiary/aromatic N) is 4. The molecule has 10 nitrogen and oxygen atoms in total. The molecule has 0 spiro atoms. The Kier molecular flexibility index (Phi) is 9.44. The van der Waals surface area contributed by atoms with Gasteiger partial charge in [-0.25, -0.2) is 9.49 Å². The molecule has 11 heteroatoms. The number of halogens is 1. The highest BCUT2D eigenvalue weighted by atomic mass is 19.1. The lowest BCUT2D eigenvalue weighted by molar-refractivity contribution is -0.137. The molecular weight excluding hydrogens is 551 g/mol. The number of hydrogen-bond donors (Lipinski definition) is 3. The van der Waals surface area contributed by atoms with E-state index in [0.717, 1.165) is 62.8 Å². The number of amides is 1. The van der Waals surface area contributed by atoms with Gasteiger partial charge in [0.2, 0.25) is 5.91 Å². The van der Waals surface area contributed by atoms with Crippen LogP contribution >= 0.6 is 0 Å². The first kappa shape index (κ1) is 29.8. The van der Waals surface area contributed by atoms with E-state index >= 15 is 0 Å². The van der Waals surface area contributed by atoms with Crippen molar-refractivity contribution in [1.82, 2.24) is 30.2 Å². The zero-order chi connectivity index (χ0) is 29.8. The Labute approximate surface area is 250 Å².